The maximum Gasteiger partial charge on any atom is 0.0222 e. The van der Waals surface area contributed by atoms with Gasteiger partial charge in [-0.2, -0.15) is 0 Å². The van der Waals surface area contributed by atoms with E-state index >= 15 is 0 Å². The monoisotopic (exact) mass is 156 g/mol. The number of nitrogens with two attached hydrogens (primary N) is 1. The van der Waals surface area contributed by atoms with Crippen LogP contribution in [0.1, 0.15) is 40.5 Å². The third-order valence-corrected chi connectivity index (χ3v) is 1.91. The maximum atomic E-state index is 5.33. The van der Waals surface area contributed by atoms with Crippen molar-refractivity contribution in [3.05, 3.63) is 11.3 Å². The molecule has 0 fully saturated rings. The largest absolute Gasteiger partial charge is 0.329 e. The maximum absolute atomic E-state index is 5.33. The van der Waals surface area contributed by atoms with Crippen molar-refractivity contribution in [2.24, 2.45) is 11.8 Å². The molecule has 3 N–H and O–H groups in total. The van der Waals surface area contributed by atoms with Crippen LogP contribution < -0.4 is 11.3 Å². The predicted octanol–water partition coefficient (Wildman–Crippen LogP) is 2.18. The molecular weight excluding hydrogens is 136 g/mol. The summed E-state index contributed by atoms with van der Waals surface area (Å²) in [6.07, 6.45) is 2.33. The zero-order chi connectivity index (χ0) is 8.85. The van der Waals surface area contributed by atoms with E-state index in [0.717, 1.165) is 12.1 Å². The smallest absolute Gasteiger partial charge is 0.0222 e. The molecule has 0 saturated carbocycles. The van der Waals surface area contributed by atoms with Gasteiger partial charge in [0.15, 0.2) is 0 Å². The van der Waals surface area contributed by atoms with E-state index in [2.05, 4.69) is 26.2 Å². The lowest BCUT2D eigenvalue weighted by atomic mass is 9.97. The second kappa shape index (κ2) is 5.19. The fourth-order valence-electron chi connectivity index (χ4n) is 1.27. The van der Waals surface area contributed by atoms with Crippen LogP contribution in [0.2, 0.25) is 0 Å². The molecule has 2 nitrogen and oxygen atoms in total. The van der Waals surface area contributed by atoms with Crippen LogP contribution in [0.4, 0.5) is 0 Å². The molecule has 0 radical (unpaired) electrons. The van der Waals surface area contributed by atoms with Crippen molar-refractivity contribution >= 4 is 0 Å². The first kappa shape index (κ1) is 10.5. The molecule has 0 spiro atoms. The topological polar surface area (TPSA) is 38.0 Å². The van der Waals surface area contributed by atoms with Gasteiger partial charge in [-0.15, -0.1) is 0 Å². The van der Waals surface area contributed by atoms with Gasteiger partial charge >= 0.3 is 0 Å². The summed E-state index contributed by atoms with van der Waals surface area (Å²) in [6, 6.07) is 0. The third-order valence-electron chi connectivity index (χ3n) is 1.91. The molecule has 0 saturated heterocycles. The van der Waals surface area contributed by atoms with Gasteiger partial charge in [0.1, 0.15) is 0 Å². The van der Waals surface area contributed by atoms with Crippen LogP contribution in [0.5, 0.6) is 0 Å². The van der Waals surface area contributed by atoms with E-state index in [-0.39, 0.29) is 0 Å². The molecule has 0 aromatic carbocycles. The zero-order valence-electron chi connectivity index (χ0n) is 8.07. The van der Waals surface area contributed by atoms with E-state index in [1.807, 2.05) is 6.92 Å². The molecule has 0 rings (SSSR count). The molecule has 0 aromatic heterocycles. The lowest BCUT2D eigenvalue weighted by molar-refractivity contribution is 0.668. The molecule has 0 amide bonds. The van der Waals surface area contributed by atoms with Gasteiger partial charge in [0.25, 0.3) is 0 Å². The van der Waals surface area contributed by atoms with Crippen LogP contribution in [0.3, 0.4) is 0 Å². The first-order valence-corrected chi connectivity index (χ1v) is 4.29. The van der Waals surface area contributed by atoms with Crippen molar-refractivity contribution in [2.45, 2.75) is 40.5 Å². The van der Waals surface area contributed by atoms with Crippen LogP contribution in [-0.4, -0.2) is 0 Å². The number of allylic oxidation sites excluding steroid dienone is 2. The van der Waals surface area contributed by atoms with Gasteiger partial charge in [-0.25, -0.2) is 0 Å². The fourth-order valence-corrected chi connectivity index (χ4v) is 1.27. The molecule has 0 aliphatic carbocycles. The second-order valence-corrected chi connectivity index (χ2v) is 3.20. The molecule has 0 heterocycles. The minimum absolute atomic E-state index is 0.603. The highest BCUT2D eigenvalue weighted by atomic mass is 15.2. The predicted molar refractivity (Wildman–Crippen MR) is 49.8 cm³/mol. The number of rotatable bonds is 4. The normalized spacial score (nSPS) is 13.3. The van der Waals surface area contributed by atoms with Crippen molar-refractivity contribution in [3.8, 4) is 0 Å². The van der Waals surface area contributed by atoms with E-state index in [9.17, 15) is 0 Å². The first-order valence-electron chi connectivity index (χ1n) is 4.29. The molecule has 66 valence electrons. The summed E-state index contributed by atoms with van der Waals surface area (Å²) >= 11 is 0. The highest BCUT2D eigenvalue weighted by molar-refractivity contribution is 5.11. The highest BCUT2D eigenvalue weighted by Gasteiger charge is 2.04. The van der Waals surface area contributed by atoms with Crippen molar-refractivity contribution in [1.82, 2.24) is 5.43 Å². The Labute approximate surface area is 69.8 Å². The molecule has 2 heteroatoms. The van der Waals surface area contributed by atoms with E-state index < -0.39 is 0 Å². The van der Waals surface area contributed by atoms with E-state index in [1.54, 1.807) is 0 Å². The van der Waals surface area contributed by atoms with Gasteiger partial charge in [0.05, 0.1) is 0 Å². The molecule has 11 heavy (non-hydrogen) atoms. The van der Waals surface area contributed by atoms with Crippen molar-refractivity contribution in [3.63, 3.8) is 0 Å². The van der Waals surface area contributed by atoms with Gasteiger partial charge in [-0.1, -0.05) is 27.2 Å². The molecular formula is C9H20N2. The molecule has 0 unspecified atom stereocenters. The second-order valence-electron chi connectivity index (χ2n) is 3.20. The van der Waals surface area contributed by atoms with Crippen LogP contribution in [0, 0.1) is 5.92 Å². The summed E-state index contributed by atoms with van der Waals surface area (Å²) in [7, 11) is 0. The molecule has 0 atom stereocenters. The van der Waals surface area contributed by atoms with E-state index in [0.29, 0.717) is 5.92 Å². The van der Waals surface area contributed by atoms with Gasteiger partial charge in [-0.3, -0.25) is 5.84 Å². The van der Waals surface area contributed by atoms with E-state index in [4.69, 9.17) is 5.84 Å². The van der Waals surface area contributed by atoms with Gasteiger partial charge in [-0.05, 0) is 24.8 Å². The Hall–Kier alpha value is -0.500. The van der Waals surface area contributed by atoms with Crippen LogP contribution in [-0.2, 0) is 0 Å². The Bertz CT molecular complexity index is 136. The molecule has 0 bridgehead atoms. The first-order chi connectivity index (χ1) is 5.13. The van der Waals surface area contributed by atoms with Crippen molar-refractivity contribution in [1.29, 1.82) is 0 Å². The van der Waals surface area contributed by atoms with E-state index in [1.165, 1.54) is 12.0 Å². The zero-order valence-corrected chi connectivity index (χ0v) is 8.07. The number of hydrogen-bond acceptors (Lipinski definition) is 2. The minimum atomic E-state index is 0.603. The fraction of sp³-hybridized carbons (Fsp3) is 0.778. The highest BCUT2D eigenvalue weighted by Crippen LogP contribution is 2.18. The lowest BCUT2D eigenvalue weighted by Gasteiger charge is -2.14. The minimum Gasteiger partial charge on any atom is -0.329 e. The molecule has 0 aliphatic heterocycles. The Morgan fingerprint density at radius 2 is 2.00 bits per heavy atom. The van der Waals surface area contributed by atoms with Crippen LogP contribution in [0.15, 0.2) is 11.3 Å². The average Bonchev–Trinajstić information content (AvgIpc) is 1.98. The molecule has 0 aromatic rings. The summed E-state index contributed by atoms with van der Waals surface area (Å²) in [4.78, 5) is 0. The standard InChI is InChI=1S/C9H20N2/c1-5-6-9(7(2)3)8(4)11-10/h7,11H,5-6,10H2,1-4H3/b9-8+. The Morgan fingerprint density at radius 1 is 1.45 bits per heavy atom. The van der Waals surface area contributed by atoms with Crippen LogP contribution >= 0.6 is 0 Å². The van der Waals surface area contributed by atoms with Gasteiger partial charge in [0.2, 0.25) is 0 Å². The Kier molecular flexibility index (Phi) is 4.95. The quantitative estimate of drug-likeness (QED) is 0.483. The SMILES string of the molecule is CCC/C(=C(/C)NN)C(C)C. The number of nitrogens with one attached hydrogen (secondary N) is 1. The number of hydrazine groups is 1. The lowest BCUT2D eigenvalue weighted by Crippen LogP contribution is -2.21. The van der Waals surface area contributed by atoms with Crippen molar-refractivity contribution < 1.29 is 0 Å². The Morgan fingerprint density at radius 3 is 2.27 bits per heavy atom. The average molecular weight is 156 g/mol. The summed E-state index contributed by atoms with van der Waals surface area (Å²) in [6.45, 7) is 8.62. The molecule has 0 aliphatic rings. The van der Waals surface area contributed by atoms with Gasteiger partial charge in [0, 0.05) is 5.70 Å². The van der Waals surface area contributed by atoms with Gasteiger partial charge < -0.3 is 5.43 Å². The third kappa shape index (κ3) is 3.42. The van der Waals surface area contributed by atoms with Crippen molar-refractivity contribution in [2.75, 3.05) is 0 Å². The number of hydrogen-bond donors (Lipinski definition) is 2. The van der Waals surface area contributed by atoms with Crippen LogP contribution in [0.25, 0.3) is 0 Å². The Balaban J connectivity index is 4.30. The summed E-state index contributed by atoms with van der Waals surface area (Å²) < 4.78 is 0. The summed E-state index contributed by atoms with van der Waals surface area (Å²) in [5, 5.41) is 0. The summed E-state index contributed by atoms with van der Waals surface area (Å²) in [5.74, 6) is 5.94. The summed E-state index contributed by atoms with van der Waals surface area (Å²) in [5.41, 5.74) is 5.28.